The maximum Gasteiger partial charge on any atom is 0.490 e. The van der Waals surface area contributed by atoms with Crippen LogP contribution in [-0.4, -0.2) is 60.7 Å². The molecular weight excluding hydrogens is 483 g/mol. The molecule has 1 saturated heterocycles. The van der Waals surface area contributed by atoms with Crippen molar-refractivity contribution in [3.63, 3.8) is 0 Å². The Bertz CT molecular complexity index is 1350. The lowest BCUT2D eigenvalue weighted by Crippen LogP contribution is -2.28. The molecule has 1 aliphatic rings. The number of pyridine rings is 2. The third-order valence-corrected chi connectivity index (χ3v) is 6.49. The first kappa shape index (κ1) is 24.3. The quantitative estimate of drug-likeness (QED) is 0.444. The van der Waals surface area contributed by atoms with Gasteiger partial charge in [0.15, 0.2) is 11.5 Å². The van der Waals surface area contributed by atoms with Gasteiger partial charge in [-0.05, 0) is 48.6 Å². The lowest BCUT2D eigenvalue weighted by atomic mass is 10.1. The van der Waals surface area contributed by atoms with Gasteiger partial charge in [0, 0.05) is 48.7 Å². The fourth-order valence-corrected chi connectivity index (χ4v) is 4.56. The number of carboxylic acids is 1. The van der Waals surface area contributed by atoms with Crippen LogP contribution in [0.15, 0.2) is 54.3 Å². The van der Waals surface area contributed by atoms with E-state index in [-0.39, 0.29) is 11.8 Å². The molecule has 12 heteroatoms. The number of hydrogen-bond acceptors (Lipinski definition) is 6. The second-order valence-corrected chi connectivity index (χ2v) is 8.82. The molecule has 1 unspecified atom stereocenters. The highest BCUT2D eigenvalue weighted by molar-refractivity contribution is 7.12. The van der Waals surface area contributed by atoms with E-state index in [0.717, 1.165) is 46.0 Å². The average molecular weight is 504 g/mol. The first-order valence-corrected chi connectivity index (χ1v) is 11.4. The van der Waals surface area contributed by atoms with E-state index < -0.39 is 12.1 Å². The Balaban J connectivity index is 0.000000364. The maximum absolute atomic E-state index is 12.8. The van der Waals surface area contributed by atoms with Crippen molar-refractivity contribution < 1.29 is 27.9 Å². The molecule has 4 aromatic rings. The van der Waals surface area contributed by atoms with Gasteiger partial charge in [-0.15, -0.1) is 11.3 Å². The minimum atomic E-state index is -5.08. The van der Waals surface area contributed by atoms with Crippen LogP contribution in [-0.2, 0) is 4.79 Å². The minimum Gasteiger partial charge on any atom is -0.475 e. The second kappa shape index (κ2) is 9.82. The second-order valence-electron chi connectivity index (χ2n) is 7.90. The van der Waals surface area contributed by atoms with Crippen LogP contribution in [0.1, 0.15) is 33.4 Å². The number of halogens is 3. The highest BCUT2D eigenvalue weighted by Crippen LogP contribution is 2.29. The van der Waals surface area contributed by atoms with E-state index in [1.165, 1.54) is 11.3 Å². The van der Waals surface area contributed by atoms with Crippen molar-refractivity contribution >= 4 is 28.9 Å². The van der Waals surface area contributed by atoms with Crippen LogP contribution in [0.5, 0.6) is 0 Å². The number of nitrogens with zero attached hydrogens (tertiary/aromatic N) is 5. The van der Waals surface area contributed by atoms with Gasteiger partial charge in [-0.2, -0.15) is 18.3 Å². The van der Waals surface area contributed by atoms with E-state index >= 15 is 0 Å². The average Bonchev–Trinajstić information content (AvgIpc) is 3.57. The van der Waals surface area contributed by atoms with E-state index in [4.69, 9.17) is 20.0 Å². The van der Waals surface area contributed by atoms with E-state index in [1.54, 1.807) is 6.20 Å². The number of carbonyl (C=O) groups excluding carboxylic acids is 1. The van der Waals surface area contributed by atoms with Gasteiger partial charge in [0.05, 0.1) is 4.88 Å². The molecule has 4 aromatic heterocycles. The summed E-state index contributed by atoms with van der Waals surface area (Å²) >= 11 is 1.51. The molecular formula is C23H20F3N5O3S. The topological polar surface area (TPSA) is 101 Å². The molecule has 182 valence electrons. The number of rotatable bonds is 3. The zero-order valence-corrected chi connectivity index (χ0v) is 19.3. The van der Waals surface area contributed by atoms with Gasteiger partial charge in [0.1, 0.15) is 0 Å². The Morgan fingerprint density at radius 3 is 2.57 bits per heavy atom. The van der Waals surface area contributed by atoms with Crippen molar-refractivity contribution in [1.29, 1.82) is 0 Å². The summed E-state index contributed by atoms with van der Waals surface area (Å²) < 4.78 is 33.6. The number of aromatic nitrogens is 4. The van der Waals surface area contributed by atoms with Crippen molar-refractivity contribution in [2.75, 3.05) is 13.1 Å². The summed E-state index contributed by atoms with van der Waals surface area (Å²) in [7, 11) is 0. The molecule has 1 fully saturated rings. The fourth-order valence-electron chi connectivity index (χ4n) is 3.67. The molecule has 1 atom stereocenters. The van der Waals surface area contributed by atoms with Crippen molar-refractivity contribution in [3.05, 3.63) is 70.6 Å². The van der Waals surface area contributed by atoms with Gasteiger partial charge in [0.25, 0.3) is 5.91 Å². The molecule has 0 aromatic carbocycles. The normalized spacial score (nSPS) is 15.7. The smallest absolute Gasteiger partial charge is 0.475 e. The predicted octanol–water partition coefficient (Wildman–Crippen LogP) is 4.42. The molecule has 0 saturated carbocycles. The number of aryl methyl sites for hydroxylation is 1. The Kier molecular flexibility index (Phi) is 6.83. The van der Waals surface area contributed by atoms with Crippen LogP contribution < -0.4 is 0 Å². The van der Waals surface area contributed by atoms with Crippen molar-refractivity contribution in [3.8, 4) is 11.1 Å². The fraction of sp³-hybridized carbons (Fsp3) is 0.261. The zero-order chi connectivity index (χ0) is 25.2. The van der Waals surface area contributed by atoms with Crippen LogP contribution in [0.2, 0.25) is 0 Å². The van der Waals surface area contributed by atoms with Gasteiger partial charge in [-0.3, -0.25) is 9.78 Å². The Morgan fingerprint density at radius 2 is 1.94 bits per heavy atom. The molecule has 5 rings (SSSR count). The summed E-state index contributed by atoms with van der Waals surface area (Å²) in [6.07, 6.45) is 1.39. The molecule has 8 nitrogen and oxygen atoms in total. The largest absolute Gasteiger partial charge is 0.490 e. The Morgan fingerprint density at radius 1 is 1.17 bits per heavy atom. The highest BCUT2D eigenvalue weighted by atomic mass is 32.1. The highest BCUT2D eigenvalue weighted by Gasteiger charge is 2.38. The monoisotopic (exact) mass is 503 g/mol. The van der Waals surface area contributed by atoms with E-state index in [0.29, 0.717) is 6.54 Å². The van der Waals surface area contributed by atoms with Gasteiger partial charge < -0.3 is 10.0 Å². The SMILES string of the molecule is Cc1ccsc1C(=O)N1CCC(c2nc3ccc(-c4cccnc4)cn3n2)C1.O=C(O)C(F)(F)F. The number of fused-ring (bicyclic) bond motifs is 1. The Labute approximate surface area is 201 Å². The number of hydrogen-bond donors (Lipinski definition) is 1. The molecule has 0 bridgehead atoms. The standard InChI is InChI=1S/C21H19N5OS.C2HF3O2/c1-14-7-10-28-19(14)21(27)25-9-6-17(12-25)20-23-18-5-4-16(13-26(18)24-20)15-3-2-8-22-11-15;3-2(4,5)1(6)7/h2-5,7-8,10-11,13,17H,6,9,12H2,1H3;(H,6,7). The minimum absolute atomic E-state index is 0.123. The molecule has 1 N–H and O–H groups in total. The molecule has 1 amide bonds. The number of aliphatic carboxylic acids is 1. The molecule has 0 spiro atoms. The third-order valence-electron chi connectivity index (χ3n) is 5.48. The van der Waals surface area contributed by atoms with E-state index in [9.17, 15) is 18.0 Å². The van der Waals surface area contributed by atoms with Crippen LogP contribution in [0.25, 0.3) is 16.8 Å². The van der Waals surface area contributed by atoms with Crippen LogP contribution >= 0.6 is 11.3 Å². The molecule has 0 radical (unpaired) electrons. The van der Waals surface area contributed by atoms with Gasteiger partial charge in [0.2, 0.25) is 0 Å². The van der Waals surface area contributed by atoms with Gasteiger partial charge >= 0.3 is 12.1 Å². The summed E-state index contributed by atoms with van der Waals surface area (Å²) in [6, 6.07) is 9.96. The molecule has 0 aliphatic carbocycles. The number of alkyl halides is 3. The Hall–Kier alpha value is -3.80. The van der Waals surface area contributed by atoms with Crippen LogP contribution in [0.4, 0.5) is 13.2 Å². The number of carbonyl (C=O) groups is 2. The predicted molar refractivity (Wildman–Crippen MR) is 122 cm³/mol. The molecule has 35 heavy (non-hydrogen) atoms. The number of likely N-dealkylation sites (tertiary alicyclic amines) is 1. The third kappa shape index (κ3) is 5.48. The zero-order valence-electron chi connectivity index (χ0n) is 18.4. The van der Waals surface area contributed by atoms with E-state index in [2.05, 4.69) is 4.98 Å². The first-order valence-electron chi connectivity index (χ1n) is 10.5. The first-order chi connectivity index (χ1) is 16.6. The maximum atomic E-state index is 12.8. The summed E-state index contributed by atoms with van der Waals surface area (Å²) in [4.78, 5) is 33.3. The van der Waals surface area contributed by atoms with Gasteiger partial charge in [-0.1, -0.05) is 6.07 Å². The lowest BCUT2D eigenvalue weighted by Gasteiger charge is -2.15. The lowest BCUT2D eigenvalue weighted by molar-refractivity contribution is -0.192. The van der Waals surface area contributed by atoms with Crippen molar-refractivity contribution in [2.45, 2.75) is 25.4 Å². The summed E-state index contributed by atoms with van der Waals surface area (Å²) in [6.45, 7) is 3.40. The number of carboxylic acid groups (broad SMARTS) is 1. The number of amides is 1. The van der Waals surface area contributed by atoms with Crippen molar-refractivity contribution in [2.24, 2.45) is 0 Å². The summed E-state index contributed by atoms with van der Waals surface area (Å²) in [5.74, 6) is -1.65. The van der Waals surface area contributed by atoms with E-state index in [1.807, 2.05) is 64.4 Å². The molecule has 1 aliphatic heterocycles. The summed E-state index contributed by atoms with van der Waals surface area (Å²) in [5, 5.41) is 13.8. The summed E-state index contributed by atoms with van der Waals surface area (Å²) in [5.41, 5.74) is 3.97. The molecule has 5 heterocycles. The van der Waals surface area contributed by atoms with Crippen LogP contribution in [0.3, 0.4) is 0 Å². The number of thiophene rings is 1. The van der Waals surface area contributed by atoms with Crippen molar-refractivity contribution in [1.82, 2.24) is 24.5 Å². The van der Waals surface area contributed by atoms with Crippen LogP contribution in [0, 0.1) is 6.92 Å². The van der Waals surface area contributed by atoms with Gasteiger partial charge in [-0.25, -0.2) is 14.3 Å².